The van der Waals surface area contributed by atoms with Gasteiger partial charge in [-0.2, -0.15) is 0 Å². The first-order valence-corrected chi connectivity index (χ1v) is 20.7. The summed E-state index contributed by atoms with van der Waals surface area (Å²) in [6, 6.07) is 0. The first-order valence-electron chi connectivity index (χ1n) is 20.7. The zero-order valence-corrected chi connectivity index (χ0v) is 38.8. The van der Waals surface area contributed by atoms with E-state index in [1.165, 1.54) is 62.5 Å². The fourth-order valence-corrected chi connectivity index (χ4v) is 7.05. The van der Waals surface area contributed by atoms with Crippen molar-refractivity contribution in [1.29, 1.82) is 0 Å². The van der Waals surface area contributed by atoms with Gasteiger partial charge < -0.3 is 61.5 Å². The molecule has 63 heavy (non-hydrogen) atoms. The molecule has 0 radical (unpaired) electrons. The second-order valence-corrected chi connectivity index (χ2v) is 14.1. The number of aliphatic hydroxyl groups is 7. The van der Waals surface area contributed by atoms with Gasteiger partial charge >= 0.3 is 0 Å². The van der Waals surface area contributed by atoms with Crippen molar-refractivity contribution >= 4 is 46.8 Å². The van der Waals surface area contributed by atoms with Crippen LogP contribution in [-0.2, 0) is 14.4 Å². The lowest BCUT2D eigenvalue weighted by Crippen LogP contribution is -2.45. The van der Waals surface area contributed by atoms with Crippen LogP contribution in [-0.4, -0.2) is 155 Å². The van der Waals surface area contributed by atoms with Gasteiger partial charge in [0.25, 0.3) is 23.6 Å². The second kappa shape index (κ2) is 27.9. The number of rotatable bonds is 20. The van der Waals surface area contributed by atoms with Crippen molar-refractivity contribution in [3.8, 4) is 0 Å². The molecule has 0 aliphatic heterocycles. The van der Waals surface area contributed by atoms with Crippen molar-refractivity contribution in [2.75, 3.05) is 69.5 Å². The number of benzene rings is 2. The summed E-state index contributed by atoms with van der Waals surface area (Å²) in [5, 5.41) is 76.7. The molecule has 20 nitrogen and oxygen atoms in total. The molecule has 0 aliphatic rings. The van der Waals surface area contributed by atoms with Crippen LogP contribution in [0.4, 0.5) is 11.4 Å². The molecule has 11 N–H and O–H groups in total. The average molecular weight is 895 g/mol. The Morgan fingerprint density at radius 2 is 0.730 bits per heavy atom. The van der Waals surface area contributed by atoms with Gasteiger partial charge in [-0.1, -0.05) is 27.7 Å². The number of nitrogens with zero attached hydrogens (tertiary/aromatic N) is 2. The van der Waals surface area contributed by atoms with Gasteiger partial charge in [-0.05, 0) is 74.9 Å². The largest absolute Gasteiger partial charge is 0.394 e. The molecule has 6 amide bonds. The van der Waals surface area contributed by atoms with Crippen LogP contribution in [0.2, 0.25) is 0 Å². The minimum Gasteiger partial charge on any atom is -0.394 e. The van der Waals surface area contributed by atoms with Crippen LogP contribution in [0.5, 0.6) is 0 Å². The summed E-state index contributed by atoms with van der Waals surface area (Å²) in [4.78, 5) is 88.1. The van der Waals surface area contributed by atoms with E-state index in [0.29, 0.717) is 0 Å². The van der Waals surface area contributed by atoms with Gasteiger partial charge in [0.1, 0.15) is 0 Å². The van der Waals surface area contributed by atoms with Gasteiger partial charge in [0.05, 0.1) is 81.4 Å². The molecule has 0 fully saturated rings. The van der Waals surface area contributed by atoms with E-state index in [1.54, 1.807) is 0 Å². The van der Waals surface area contributed by atoms with Crippen LogP contribution >= 0.6 is 0 Å². The highest BCUT2D eigenvalue weighted by atomic mass is 16.6. The summed E-state index contributed by atoms with van der Waals surface area (Å²) >= 11 is 0. The third kappa shape index (κ3) is 15.0. The normalized spacial score (nSPS) is 12.5. The number of amides is 6. The molecule has 0 spiro atoms. The summed E-state index contributed by atoms with van der Waals surface area (Å²) in [6.45, 7) is 15.4. The Kier molecular flexibility index (Phi) is 25.6. The Morgan fingerprint density at radius 1 is 0.476 bits per heavy atom. The third-order valence-electron chi connectivity index (χ3n) is 9.74. The van der Waals surface area contributed by atoms with E-state index in [1.807, 2.05) is 27.7 Å². The monoisotopic (exact) mass is 894 g/mol. The molecule has 4 unspecified atom stereocenters. The molecule has 0 saturated heterocycles. The zero-order valence-electron chi connectivity index (χ0n) is 38.8. The quantitative estimate of drug-likeness (QED) is 0.0774. The van der Waals surface area contributed by atoms with Crippen LogP contribution in [0.3, 0.4) is 0 Å². The van der Waals surface area contributed by atoms with E-state index in [2.05, 4.69) is 21.4 Å². The maximum Gasteiger partial charge on any atom is 0.275 e. The van der Waals surface area contributed by atoms with Crippen LogP contribution in [0.25, 0.3) is 0 Å². The van der Waals surface area contributed by atoms with E-state index in [0.717, 1.165) is 9.80 Å². The number of carbonyl (C=O) groups is 6. The summed E-state index contributed by atoms with van der Waals surface area (Å²) in [5.74, 6) is -4.33. The fraction of sp³-hybridized carbons (Fsp3) is 0.581. The summed E-state index contributed by atoms with van der Waals surface area (Å²) in [7, 11) is 1.20. The predicted molar refractivity (Wildman–Crippen MR) is 237 cm³/mol. The molecule has 20 heteroatoms. The lowest BCUT2D eigenvalue weighted by Gasteiger charge is -2.33. The number of hydrogen-bond donors (Lipinski definition) is 11. The Labute approximate surface area is 369 Å². The highest BCUT2D eigenvalue weighted by Gasteiger charge is 2.33. The standard InChI is InChI=1S/C39H58N6O14.2C2H6/c1-18-30(36(55)40-10-26(51)15-46)20(3)34(21(4)31(18)37(56)41-11-27(52)16-47)44(24(7)49)13-29(54)14-45(25(8)50)35-22(5)32(38(57)42-12-28(53)17-48)19(2)33(23(35)6)39(58)43-59-9;2*1-2/h26-29,46-48,51-54H,10-17H2,1-9H3,(H,40,55)(H,41,56)(H,42,57)(H,43,58);2*1-2H3. The molecular weight excluding hydrogens is 825 g/mol. The maximum absolute atomic E-state index is 13.6. The van der Waals surface area contributed by atoms with Gasteiger partial charge in [0, 0.05) is 50.2 Å². The van der Waals surface area contributed by atoms with E-state index in [-0.39, 0.29) is 86.6 Å². The van der Waals surface area contributed by atoms with Crippen LogP contribution < -0.4 is 31.2 Å². The number of anilines is 2. The van der Waals surface area contributed by atoms with E-state index < -0.39 is 92.8 Å². The summed E-state index contributed by atoms with van der Waals surface area (Å²) in [5.41, 5.74) is 3.28. The molecule has 0 aromatic heterocycles. The van der Waals surface area contributed by atoms with Crippen LogP contribution in [0.1, 0.15) is 116 Å². The molecule has 0 saturated carbocycles. The smallest absolute Gasteiger partial charge is 0.275 e. The Balaban J connectivity index is 0.00000932. The van der Waals surface area contributed by atoms with Gasteiger partial charge in [0.2, 0.25) is 11.8 Å². The van der Waals surface area contributed by atoms with Crippen LogP contribution in [0.15, 0.2) is 0 Å². The van der Waals surface area contributed by atoms with Gasteiger partial charge in [-0.15, -0.1) is 0 Å². The highest BCUT2D eigenvalue weighted by Crippen LogP contribution is 2.37. The summed E-state index contributed by atoms with van der Waals surface area (Å²) in [6.07, 6.45) is -5.47. The SMILES string of the molecule is CC.CC.CONC(=O)c1c(C)c(C(=O)NCC(O)CO)c(C)c(N(CC(O)CN(C(C)=O)c2c(C)c(C(=O)NCC(O)CO)c(C)c(C(=O)NCC(O)CO)c2C)C(C)=O)c1C. The van der Waals surface area contributed by atoms with Crippen molar-refractivity contribution < 1.29 is 69.4 Å². The maximum atomic E-state index is 13.6. The average Bonchev–Trinajstić information content (AvgIpc) is 3.24. The van der Waals surface area contributed by atoms with Crippen molar-refractivity contribution in [3.05, 3.63) is 55.6 Å². The number of carbonyl (C=O) groups excluding carboxylic acids is 6. The molecule has 356 valence electrons. The predicted octanol–water partition coefficient (Wildman–Crippen LogP) is -0.103. The minimum atomic E-state index is -1.56. The van der Waals surface area contributed by atoms with Gasteiger partial charge in [-0.3, -0.25) is 33.6 Å². The molecule has 0 heterocycles. The van der Waals surface area contributed by atoms with Crippen molar-refractivity contribution in [1.82, 2.24) is 21.4 Å². The topological polar surface area (TPSA) is 308 Å². The molecule has 2 aromatic rings. The lowest BCUT2D eigenvalue weighted by molar-refractivity contribution is -0.117. The van der Waals surface area contributed by atoms with Crippen molar-refractivity contribution in [2.24, 2.45) is 0 Å². The molecule has 2 rings (SSSR count). The second-order valence-electron chi connectivity index (χ2n) is 14.1. The lowest BCUT2D eigenvalue weighted by atomic mass is 9.89. The Bertz CT molecular complexity index is 1850. The number of aliphatic hydroxyl groups excluding tert-OH is 7. The Morgan fingerprint density at radius 3 is 0.952 bits per heavy atom. The van der Waals surface area contributed by atoms with E-state index in [9.17, 15) is 64.5 Å². The Hall–Kier alpha value is -5.06. The van der Waals surface area contributed by atoms with Crippen molar-refractivity contribution in [2.45, 2.75) is 108 Å². The molecule has 2 aromatic carbocycles. The molecular formula is C43H70N6O14. The molecule has 4 atom stereocenters. The first-order chi connectivity index (χ1) is 29.6. The number of nitrogens with one attached hydrogen (secondary N) is 4. The summed E-state index contributed by atoms with van der Waals surface area (Å²) < 4.78 is 0. The number of hydroxylamine groups is 1. The van der Waals surface area contributed by atoms with Gasteiger partial charge in [-0.25, -0.2) is 5.48 Å². The minimum absolute atomic E-state index is 0.0352. The van der Waals surface area contributed by atoms with E-state index >= 15 is 0 Å². The highest BCUT2D eigenvalue weighted by molar-refractivity contribution is 6.09. The van der Waals surface area contributed by atoms with Crippen LogP contribution in [0, 0.1) is 41.5 Å². The molecule has 0 bridgehead atoms. The third-order valence-corrected chi connectivity index (χ3v) is 9.74. The fourth-order valence-electron chi connectivity index (χ4n) is 7.05. The van der Waals surface area contributed by atoms with E-state index in [4.69, 9.17) is 4.84 Å². The first kappa shape index (κ1) is 57.9. The number of hydrogen-bond acceptors (Lipinski definition) is 14. The molecule has 0 aliphatic carbocycles. The van der Waals surface area contributed by atoms with Gasteiger partial charge in [0.15, 0.2) is 0 Å². The van der Waals surface area contributed by atoms with Crippen molar-refractivity contribution in [3.63, 3.8) is 0 Å². The zero-order chi connectivity index (χ0) is 49.0.